The Morgan fingerprint density at radius 2 is 1.66 bits per heavy atom. The Morgan fingerprint density at radius 1 is 0.943 bits per heavy atom. The summed E-state index contributed by atoms with van der Waals surface area (Å²) in [5.41, 5.74) is 2.35. The highest BCUT2D eigenvalue weighted by Gasteiger charge is 2.15. The lowest BCUT2D eigenvalue weighted by atomic mass is 10.1. The molecule has 0 unspecified atom stereocenters. The Bertz CT molecular complexity index is 975. The monoisotopic (exact) mass is 497 g/mol. The number of hydrogen-bond donors (Lipinski definition) is 2. The van der Waals surface area contributed by atoms with Crippen LogP contribution in [0.4, 0.5) is 5.69 Å². The zero-order valence-electron chi connectivity index (χ0n) is 20.5. The number of rotatable bonds is 13. The van der Waals surface area contributed by atoms with Crippen LogP contribution < -0.4 is 10.6 Å². The van der Waals surface area contributed by atoms with E-state index >= 15 is 0 Å². The number of carbonyl (C=O) groups is 3. The molecule has 0 fully saturated rings. The molecule has 2 aromatic rings. The van der Waals surface area contributed by atoms with Crippen molar-refractivity contribution in [3.63, 3.8) is 0 Å². The number of amides is 2. The van der Waals surface area contributed by atoms with Crippen molar-refractivity contribution in [2.24, 2.45) is 0 Å². The van der Waals surface area contributed by atoms with E-state index in [0.717, 1.165) is 25.7 Å². The number of hydrogen-bond acceptors (Lipinski definition) is 5. The highest BCUT2D eigenvalue weighted by molar-refractivity contribution is 7.80. The molecule has 0 aliphatic heterocycles. The van der Waals surface area contributed by atoms with Gasteiger partial charge in [0.1, 0.15) is 0 Å². The molecule has 2 aromatic carbocycles. The lowest BCUT2D eigenvalue weighted by Gasteiger charge is -2.21. The van der Waals surface area contributed by atoms with Crippen molar-refractivity contribution in [1.82, 2.24) is 10.2 Å². The predicted octanol–water partition coefficient (Wildman–Crippen LogP) is 4.72. The fourth-order valence-electron chi connectivity index (χ4n) is 3.51. The lowest BCUT2D eigenvalue weighted by Crippen LogP contribution is -2.34. The van der Waals surface area contributed by atoms with E-state index in [0.29, 0.717) is 30.9 Å². The minimum Gasteiger partial charge on any atom is -0.466 e. The summed E-state index contributed by atoms with van der Waals surface area (Å²) in [6.45, 7) is 5.81. The standard InChI is InChI=1S/C27H35N3O4S/c1-3-17-30(18-4-2)26(33)22-13-8-14-23(20-22)28-27(35)29-24(31)15-16-25(32)34-19-9-12-21-10-6-5-7-11-21/h5-8,10-11,13-14,20H,3-4,9,12,15-19H2,1-2H3,(H2,28,29,31,35). The molecule has 0 saturated carbocycles. The van der Waals surface area contributed by atoms with Crippen molar-refractivity contribution in [3.8, 4) is 0 Å². The first-order chi connectivity index (χ1) is 16.9. The number of nitrogens with zero attached hydrogens (tertiary/aromatic N) is 1. The maximum Gasteiger partial charge on any atom is 0.306 e. The largest absolute Gasteiger partial charge is 0.466 e. The number of nitrogens with one attached hydrogen (secondary N) is 2. The first-order valence-corrected chi connectivity index (χ1v) is 12.5. The molecule has 0 aromatic heterocycles. The second-order valence-corrected chi connectivity index (χ2v) is 8.59. The van der Waals surface area contributed by atoms with Gasteiger partial charge in [-0.2, -0.15) is 0 Å². The normalized spacial score (nSPS) is 10.3. The van der Waals surface area contributed by atoms with E-state index in [1.54, 1.807) is 24.3 Å². The summed E-state index contributed by atoms with van der Waals surface area (Å²) >= 11 is 5.21. The van der Waals surface area contributed by atoms with Gasteiger partial charge in [0.05, 0.1) is 13.0 Å². The van der Waals surface area contributed by atoms with Crippen LogP contribution in [0.2, 0.25) is 0 Å². The van der Waals surface area contributed by atoms with Crippen LogP contribution in [0.15, 0.2) is 54.6 Å². The molecule has 0 saturated heterocycles. The van der Waals surface area contributed by atoms with E-state index in [2.05, 4.69) is 10.6 Å². The second-order valence-electron chi connectivity index (χ2n) is 8.18. The fourth-order valence-corrected chi connectivity index (χ4v) is 3.75. The number of aryl methyl sites for hydroxylation is 1. The average molecular weight is 498 g/mol. The molecule has 188 valence electrons. The van der Waals surface area contributed by atoms with E-state index in [9.17, 15) is 14.4 Å². The van der Waals surface area contributed by atoms with Gasteiger partial charge < -0.3 is 20.3 Å². The molecule has 0 heterocycles. The third-order valence-electron chi connectivity index (χ3n) is 5.17. The second kappa shape index (κ2) is 15.6. The van der Waals surface area contributed by atoms with Gasteiger partial charge >= 0.3 is 5.97 Å². The van der Waals surface area contributed by atoms with Crippen molar-refractivity contribution in [3.05, 3.63) is 65.7 Å². The number of benzene rings is 2. The molecule has 35 heavy (non-hydrogen) atoms. The van der Waals surface area contributed by atoms with Gasteiger partial charge in [-0.25, -0.2) is 0 Å². The molecule has 0 bridgehead atoms. The van der Waals surface area contributed by atoms with Crippen molar-refractivity contribution in [2.45, 2.75) is 52.4 Å². The Kier molecular flexibility index (Phi) is 12.5. The number of carbonyl (C=O) groups excluding carboxylic acids is 3. The van der Waals surface area contributed by atoms with Crippen molar-refractivity contribution in [1.29, 1.82) is 0 Å². The molecule has 0 aliphatic carbocycles. The topological polar surface area (TPSA) is 87.7 Å². The van der Waals surface area contributed by atoms with Crippen LogP contribution in [0, 0.1) is 0 Å². The van der Waals surface area contributed by atoms with Crippen LogP contribution in [0.25, 0.3) is 0 Å². The molecule has 2 rings (SSSR count). The first-order valence-electron chi connectivity index (χ1n) is 12.1. The molecule has 0 radical (unpaired) electrons. The molecular weight excluding hydrogens is 462 g/mol. The average Bonchev–Trinajstić information content (AvgIpc) is 2.85. The summed E-state index contributed by atoms with van der Waals surface area (Å²) in [6, 6.07) is 17.0. The quantitative estimate of drug-likeness (QED) is 0.237. The van der Waals surface area contributed by atoms with Gasteiger partial charge in [-0.3, -0.25) is 14.4 Å². The number of anilines is 1. The van der Waals surface area contributed by atoms with E-state index in [1.165, 1.54) is 5.56 Å². The molecule has 2 amide bonds. The summed E-state index contributed by atoms with van der Waals surface area (Å²) < 4.78 is 5.20. The Morgan fingerprint density at radius 3 is 2.34 bits per heavy atom. The van der Waals surface area contributed by atoms with Crippen LogP contribution in [-0.2, 0) is 20.7 Å². The van der Waals surface area contributed by atoms with Gasteiger partial charge in [0, 0.05) is 30.8 Å². The zero-order chi connectivity index (χ0) is 25.5. The lowest BCUT2D eigenvalue weighted by molar-refractivity contribution is -0.145. The van der Waals surface area contributed by atoms with Gasteiger partial charge in [0.25, 0.3) is 5.91 Å². The zero-order valence-corrected chi connectivity index (χ0v) is 21.4. The van der Waals surface area contributed by atoms with Crippen molar-refractivity contribution in [2.75, 3.05) is 25.0 Å². The van der Waals surface area contributed by atoms with E-state index in [4.69, 9.17) is 17.0 Å². The van der Waals surface area contributed by atoms with E-state index in [-0.39, 0.29) is 29.8 Å². The molecule has 7 nitrogen and oxygen atoms in total. The van der Waals surface area contributed by atoms with E-state index in [1.807, 2.05) is 49.1 Å². The van der Waals surface area contributed by atoms with E-state index < -0.39 is 5.97 Å². The van der Waals surface area contributed by atoms with Gasteiger partial charge in [-0.15, -0.1) is 0 Å². The Balaban J connectivity index is 1.72. The van der Waals surface area contributed by atoms with Gasteiger partial charge in [-0.05, 0) is 61.7 Å². The maximum atomic E-state index is 12.8. The smallest absolute Gasteiger partial charge is 0.306 e. The van der Waals surface area contributed by atoms with Crippen LogP contribution in [0.1, 0.15) is 61.9 Å². The third kappa shape index (κ3) is 10.7. The van der Waals surface area contributed by atoms with Crippen LogP contribution >= 0.6 is 12.2 Å². The SMILES string of the molecule is CCCN(CCC)C(=O)c1cccc(NC(=S)NC(=O)CCC(=O)OCCCc2ccccc2)c1. The number of thiocarbonyl (C=S) groups is 1. The summed E-state index contributed by atoms with van der Waals surface area (Å²) in [6.07, 6.45) is 3.29. The molecule has 2 N–H and O–H groups in total. The van der Waals surface area contributed by atoms with Gasteiger partial charge in [-0.1, -0.05) is 50.2 Å². The minimum absolute atomic E-state index is 0.0194. The predicted molar refractivity (Wildman–Crippen MR) is 142 cm³/mol. The van der Waals surface area contributed by atoms with Gasteiger partial charge in [0.2, 0.25) is 5.91 Å². The van der Waals surface area contributed by atoms with Crippen molar-refractivity contribution < 1.29 is 19.1 Å². The molecular formula is C27H35N3O4S. The molecule has 0 aliphatic rings. The highest BCUT2D eigenvalue weighted by Crippen LogP contribution is 2.14. The molecule has 0 spiro atoms. The maximum absolute atomic E-state index is 12.8. The molecule has 0 atom stereocenters. The Labute approximate surface area is 213 Å². The highest BCUT2D eigenvalue weighted by atomic mass is 32.1. The summed E-state index contributed by atoms with van der Waals surface area (Å²) in [5, 5.41) is 5.60. The van der Waals surface area contributed by atoms with Crippen molar-refractivity contribution >= 4 is 40.8 Å². The summed E-state index contributed by atoms with van der Waals surface area (Å²) in [5.74, 6) is -0.829. The van der Waals surface area contributed by atoms with Crippen LogP contribution in [-0.4, -0.2) is 47.5 Å². The fraction of sp³-hybridized carbons (Fsp3) is 0.407. The number of esters is 1. The van der Waals surface area contributed by atoms with Gasteiger partial charge in [0.15, 0.2) is 5.11 Å². The number of ether oxygens (including phenoxy) is 1. The Hall–Kier alpha value is -3.26. The minimum atomic E-state index is -0.415. The molecule has 8 heteroatoms. The van der Waals surface area contributed by atoms with Crippen LogP contribution in [0.3, 0.4) is 0 Å². The first kappa shape index (κ1) is 28.0. The third-order valence-corrected chi connectivity index (χ3v) is 5.37. The summed E-state index contributed by atoms with van der Waals surface area (Å²) in [4.78, 5) is 38.7. The summed E-state index contributed by atoms with van der Waals surface area (Å²) in [7, 11) is 0. The van der Waals surface area contributed by atoms with Crippen LogP contribution in [0.5, 0.6) is 0 Å².